The number of aryl methyl sites for hydroxylation is 1. The van der Waals surface area contributed by atoms with E-state index in [0.29, 0.717) is 5.56 Å². The van der Waals surface area contributed by atoms with Crippen LogP contribution in [0.25, 0.3) is 11.3 Å². The number of pyridine rings is 1. The quantitative estimate of drug-likeness (QED) is 0.780. The van der Waals surface area contributed by atoms with Gasteiger partial charge >= 0.3 is 0 Å². The second-order valence-electron chi connectivity index (χ2n) is 5.08. The van der Waals surface area contributed by atoms with Crippen molar-refractivity contribution in [2.24, 2.45) is 0 Å². The molecule has 3 nitrogen and oxygen atoms in total. The van der Waals surface area contributed by atoms with Crippen LogP contribution >= 0.6 is 0 Å². The fourth-order valence-electron chi connectivity index (χ4n) is 2.29. The van der Waals surface area contributed by atoms with Gasteiger partial charge < -0.3 is 5.32 Å². The Morgan fingerprint density at radius 2 is 1.73 bits per heavy atom. The Morgan fingerprint density at radius 3 is 2.45 bits per heavy atom. The lowest BCUT2D eigenvalue weighted by atomic mass is 10.1. The molecule has 108 valence electrons. The Kier molecular flexibility index (Phi) is 3.97. The van der Waals surface area contributed by atoms with Crippen molar-refractivity contribution in [2.45, 2.75) is 6.92 Å². The zero-order chi connectivity index (χ0) is 15.4. The van der Waals surface area contributed by atoms with Crippen molar-refractivity contribution in [1.82, 2.24) is 4.98 Å². The summed E-state index contributed by atoms with van der Waals surface area (Å²) < 4.78 is 0. The molecule has 3 heteroatoms. The number of amides is 1. The van der Waals surface area contributed by atoms with E-state index in [1.54, 1.807) is 18.3 Å². The summed E-state index contributed by atoms with van der Waals surface area (Å²) in [6, 6.07) is 20.9. The maximum absolute atomic E-state index is 12.4. The van der Waals surface area contributed by atoms with E-state index in [0.717, 1.165) is 22.5 Å². The maximum Gasteiger partial charge on any atom is 0.255 e. The van der Waals surface area contributed by atoms with Gasteiger partial charge in [-0.15, -0.1) is 0 Å². The minimum absolute atomic E-state index is 0.123. The van der Waals surface area contributed by atoms with E-state index in [9.17, 15) is 4.79 Å². The topological polar surface area (TPSA) is 42.0 Å². The van der Waals surface area contributed by atoms with Crippen molar-refractivity contribution >= 4 is 11.6 Å². The Morgan fingerprint density at radius 1 is 0.955 bits per heavy atom. The van der Waals surface area contributed by atoms with Crippen LogP contribution in [0.2, 0.25) is 0 Å². The standard InChI is InChI=1S/C19H16N2O/c1-14-10-11-18(16(13-14)17-9-5-6-12-20-17)21-19(22)15-7-3-2-4-8-15/h2-13H,1H3,(H,21,22). The van der Waals surface area contributed by atoms with Gasteiger partial charge in [0.1, 0.15) is 0 Å². The number of carbonyl (C=O) groups is 1. The summed E-state index contributed by atoms with van der Waals surface area (Å²) in [5.74, 6) is -0.123. The molecule has 1 amide bonds. The molecule has 0 unspecified atom stereocenters. The summed E-state index contributed by atoms with van der Waals surface area (Å²) in [7, 11) is 0. The Hall–Kier alpha value is -2.94. The lowest BCUT2D eigenvalue weighted by molar-refractivity contribution is 0.102. The molecule has 3 rings (SSSR count). The maximum atomic E-state index is 12.4. The number of hydrogen-bond acceptors (Lipinski definition) is 2. The minimum atomic E-state index is -0.123. The third-order valence-electron chi connectivity index (χ3n) is 3.40. The third kappa shape index (κ3) is 3.04. The Labute approximate surface area is 129 Å². The van der Waals surface area contributed by atoms with Crippen LogP contribution in [-0.2, 0) is 0 Å². The van der Waals surface area contributed by atoms with Crippen LogP contribution < -0.4 is 5.32 Å². The predicted octanol–water partition coefficient (Wildman–Crippen LogP) is 4.31. The third-order valence-corrected chi connectivity index (χ3v) is 3.40. The van der Waals surface area contributed by atoms with Crippen LogP contribution in [-0.4, -0.2) is 10.9 Å². The molecule has 0 spiro atoms. The van der Waals surface area contributed by atoms with Gasteiger partial charge in [-0.2, -0.15) is 0 Å². The highest BCUT2D eigenvalue weighted by Crippen LogP contribution is 2.27. The molecule has 1 heterocycles. The first-order valence-electron chi connectivity index (χ1n) is 7.12. The van der Waals surface area contributed by atoms with Crippen LogP contribution in [0, 0.1) is 6.92 Å². The summed E-state index contributed by atoms with van der Waals surface area (Å²) in [5.41, 5.74) is 4.28. The number of carbonyl (C=O) groups excluding carboxylic acids is 1. The zero-order valence-electron chi connectivity index (χ0n) is 12.3. The number of nitrogens with zero attached hydrogens (tertiary/aromatic N) is 1. The van der Waals surface area contributed by atoms with Crippen molar-refractivity contribution in [2.75, 3.05) is 5.32 Å². The number of nitrogens with one attached hydrogen (secondary N) is 1. The van der Waals surface area contributed by atoms with Gasteiger partial charge in [-0.05, 0) is 43.3 Å². The fourth-order valence-corrected chi connectivity index (χ4v) is 2.29. The van der Waals surface area contributed by atoms with Crippen LogP contribution in [0.15, 0.2) is 72.9 Å². The van der Waals surface area contributed by atoms with E-state index in [-0.39, 0.29) is 5.91 Å². The minimum Gasteiger partial charge on any atom is -0.321 e. The molecule has 1 aromatic heterocycles. The molecule has 0 aliphatic carbocycles. The van der Waals surface area contributed by atoms with E-state index in [4.69, 9.17) is 0 Å². The van der Waals surface area contributed by atoms with Crippen molar-refractivity contribution in [3.8, 4) is 11.3 Å². The smallest absolute Gasteiger partial charge is 0.255 e. The number of benzene rings is 2. The van der Waals surface area contributed by atoms with Gasteiger partial charge in [0.2, 0.25) is 0 Å². The van der Waals surface area contributed by atoms with E-state index in [2.05, 4.69) is 10.3 Å². The predicted molar refractivity (Wildman–Crippen MR) is 88.8 cm³/mol. The van der Waals surface area contributed by atoms with Gasteiger partial charge in [0, 0.05) is 17.3 Å². The van der Waals surface area contributed by atoms with E-state index >= 15 is 0 Å². The van der Waals surface area contributed by atoms with Gasteiger partial charge in [0.25, 0.3) is 5.91 Å². The van der Waals surface area contributed by atoms with Crippen LogP contribution in [0.1, 0.15) is 15.9 Å². The van der Waals surface area contributed by atoms with Gasteiger partial charge in [-0.25, -0.2) is 0 Å². The summed E-state index contributed by atoms with van der Waals surface area (Å²) in [6.07, 6.45) is 1.75. The molecule has 0 radical (unpaired) electrons. The Bertz CT molecular complexity index is 783. The van der Waals surface area contributed by atoms with E-state index in [1.807, 2.05) is 61.5 Å². The molecule has 0 bridgehead atoms. The first kappa shape index (κ1) is 14.0. The summed E-state index contributed by atoms with van der Waals surface area (Å²) >= 11 is 0. The first-order valence-corrected chi connectivity index (χ1v) is 7.12. The highest BCUT2D eigenvalue weighted by molar-refractivity contribution is 6.06. The van der Waals surface area contributed by atoms with Crippen LogP contribution in [0.4, 0.5) is 5.69 Å². The normalized spacial score (nSPS) is 10.2. The lowest BCUT2D eigenvalue weighted by Gasteiger charge is -2.12. The molecule has 0 atom stereocenters. The molecule has 0 saturated heterocycles. The van der Waals surface area contributed by atoms with Crippen molar-refractivity contribution in [1.29, 1.82) is 0 Å². The highest BCUT2D eigenvalue weighted by atomic mass is 16.1. The fraction of sp³-hybridized carbons (Fsp3) is 0.0526. The number of hydrogen-bond donors (Lipinski definition) is 1. The SMILES string of the molecule is Cc1ccc(NC(=O)c2ccccc2)c(-c2ccccn2)c1. The molecular formula is C19H16N2O. The van der Waals surface area contributed by atoms with Gasteiger partial charge in [-0.3, -0.25) is 9.78 Å². The largest absolute Gasteiger partial charge is 0.321 e. The van der Waals surface area contributed by atoms with Gasteiger partial charge in [-0.1, -0.05) is 35.9 Å². The zero-order valence-corrected chi connectivity index (χ0v) is 12.3. The Balaban J connectivity index is 1.96. The van der Waals surface area contributed by atoms with Gasteiger partial charge in [0.05, 0.1) is 11.4 Å². The molecule has 0 aliphatic rings. The van der Waals surface area contributed by atoms with Crippen molar-refractivity contribution in [3.05, 3.63) is 84.1 Å². The molecule has 2 aromatic carbocycles. The number of anilines is 1. The molecular weight excluding hydrogens is 272 g/mol. The van der Waals surface area contributed by atoms with Gasteiger partial charge in [0.15, 0.2) is 0 Å². The van der Waals surface area contributed by atoms with Crippen LogP contribution in [0.3, 0.4) is 0 Å². The van der Waals surface area contributed by atoms with Crippen molar-refractivity contribution < 1.29 is 4.79 Å². The number of aromatic nitrogens is 1. The average Bonchev–Trinajstić information content (AvgIpc) is 2.58. The molecule has 0 fully saturated rings. The molecule has 3 aromatic rings. The number of rotatable bonds is 3. The highest BCUT2D eigenvalue weighted by Gasteiger charge is 2.11. The molecule has 0 saturated carbocycles. The monoisotopic (exact) mass is 288 g/mol. The first-order chi connectivity index (χ1) is 10.7. The summed E-state index contributed by atoms with van der Waals surface area (Å²) in [4.78, 5) is 16.7. The second kappa shape index (κ2) is 6.22. The van der Waals surface area contributed by atoms with Crippen molar-refractivity contribution in [3.63, 3.8) is 0 Å². The summed E-state index contributed by atoms with van der Waals surface area (Å²) in [6.45, 7) is 2.02. The second-order valence-corrected chi connectivity index (χ2v) is 5.08. The van der Waals surface area contributed by atoms with E-state index < -0.39 is 0 Å². The molecule has 1 N–H and O–H groups in total. The van der Waals surface area contributed by atoms with E-state index in [1.165, 1.54) is 0 Å². The average molecular weight is 288 g/mol. The van der Waals surface area contributed by atoms with Crippen LogP contribution in [0.5, 0.6) is 0 Å². The molecule has 22 heavy (non-hydrogen) atoms. The lowest BCUT2D eigenvalue weighted by Crippen LogP contribution is -2.12. The molecule has 0 aliphatic heterocycles. The summed E-state index contributed by atoms with van der Waals surface area (Å²) in [5, 5.41) is 2.97.